The summed E-state index contributed by atoms with van der Waals surface area (Å²) in [4.78, 5) is 0. The van der Waals surface area contributed by atoms with Gasteiger partial charge >= 0.3 is 6.01 Å². The third-order valence-electron chi connectivity index (χ3n) is 2.63. The quantitative estimate of drug-likeness (QED) is 0.773. The van der Waals surface area contributed by atoms with Gasteiger partial charge in [-0.2, -0.15) is 0 Å². The highest BCUT2D eigenvalue weighted by atomic mass is 35.5. The van der Waals surface area contributed by atoms with Gasteiger partial charge in [0.25, 0.3) is 0 Å². The molecule has 0 radical (unpaired) electrons. The van der Waals surface area contributed by atoms with E-state index >= 15 is 0 Å². The van der Waals surface area contributed by atoms with E-state index in [4.69, 9.17) is 20.8 Å². The molecule has 1 aromatic heterocycles. The summed E-state index contributed by atoms with van der Waals surface area (Å²) in [5.41, 5.74) is 0. The van der Waals surface area contributed by atoms with Crippen LogP contribution in [0.25, 0.3) is 0 Å². The molecule has 0 saturated carbocycles. The minimum absolute atomic E-state index is 0.485. The number of hydrogen-bond acceptors (Lipinski definition) is 5. The number of aryl methyl sites for hydroxylation is 1. The SMILES string of the molecule is ClCCc1nnc(NCCC2CCOC2)o1. The number of alkyl halides is 1. The smallest absolute Gasteiger partial charge is 0.315 e. The fraction of sp³-hybridized carbons (Fsp3) is 0.800. The molecule has 2 rings (SSSR count). The van der Waals surface area contributed by atoms with Crippen molar-refractivity contribution in [2.75, 3.05) is 31.0 Å². The number of halogens is 1. The number of ether oxygens (including phenoxy) is 1. The van der Waals surface area contributed by atoms with Crippen molar-refractivity contribution in [1.82, 2.24) is 10.2 Å². The van der Waals surface area contributed by atoms with Crippen LogP contribution in [-0.4, -0.2) is 35.8 Å². The van der Waals surface area contributed by atoms with Crippen LogP contribution < -0.4 is 5.32 Å². The maximum Gasteiger partial charge on any atom is 0.315 e. The molecule has 0 spiro atoms. The first-order valence-corrected chi connectivity index (χ1v) is 6.12. The molecule has 0 amide bonds. The van der Waals surface area contributed by atoms with Gasteiger partial charge in [-0.05, 0) is 18.8 Å². The average Bonchev–Trinajstić information content (AvgIpc) is 2.90. The zero-order valence-corrected chi connectivity index (χ0v) is 9.87. The first kappa shape index (κ1) is 11.7. The lowest BCUT2D eigenvalue weighted by Crippen LogP contribution is -2.09. The normalized spacial score (nSPS) is 20.2. The molecule has 2 heterocycles. The number of anilines is 1. The number of nitrogens with zero attached hydrogens (tertiary/aromatic N) is 2. The van der Waals surface area contributed by atoms with Crippen LogP contribution >= 0.6 is 11.6 Å². The first-order valence-electron chi connectivity index (χ1n) is 5.58. The van der Waals surface area contributed by atoms with E-state index in [-0.39, 0.29) is 0 Å². The largest absolute Gasteiger partial charge is 0.408 e. The second-order valence-corrected chi connectivity index (χ2v) is 4.26. The van der Waals surface area contributed by atoms with Crippen molar-refractivity contribution < 1.29 is 9.15 Å². The standard InChI is InChI=1S/C10H16ClN3O2/c11-4-1-9-13-14-10(16-9)12-5-2-8-3-6-15-7-8/h8H,1-7H2,(H,12,14). The van der Waals surface area contributed by atoms with Gasteiger partial charge < -0.3 is 14.5 Å². The zero-order chi connectivity index (χ0) is 11.2. The Hall–Kier alpha value is -0.810. The van der Waals surface area contributed by atoms with Crippen molar-refractivity contribution in [3.8, 4) is 0 Å². The Labute approximate surface area is 99.5 Å². The van der Waals surface area contributed by atoms with Crippen LogP contribution in [0.4, 0.5) is 6.01 Å². The lowest BCUT2D eigenvalue weighted by Gasteiger charge is -2.06. The lowest BCUT2D eigenvalue weighted by atomic mass is 10.1. The summed E-state index contributed by atoms with van der Waals surface area (Å²) >= 11 is 5.57. The molecule has 0 bridgehead atoms. The predicted molar refractivity (Wildman–Crippen MR) is 60.8 cm³/mol. The highest BCUT2D eigenvalue weighted by Crippen LogP contribution is 2.16. The summed E-state index contributed by atoms with van der Waals surface area (Å²) in [6, 6.07) is 0.485. The Bertz CT molecular complexity index is 313. The van der Waals surface area contributed by atoms with E-state index in [0.717, 1.165) is 32.6 Å². The van der Waals surface area contributed by atoms with E-state index in [0.29, 0.717) is 30.1 Å². The molecule has 1 N–H and O–H groups in total. The summed E-state index contributed by atoms with van der Waals surface area (Å²) in [5.74, 6) is 1.75. The van der Waals surface area contributed by atoms with Crippen LogP contribution in [0.3, 0.4) is 0 Å². The molecule has 6 heteroatoms. The van der Waals surface area contributed by atoms with Gasteiger partial charge in [-0.25, -0.2) is 0 Å². The molecule has 90 valence electrons. The Morgan fingerprint density at radius 2 is 2.38 bits per heavy atom. The van der Waals surface area contributed by atoms with Crippen molar-refractivity contribution >= 4 is 17.6 Å². The summed E-state index contributed by atoms with van der Waals surface area (Å²) in [6.45, 7) is 2.62. The molecule has 1 aromatic rings. The molecule has 1 unspecified atom stereocenters. The highest BCUT2D eigenvalue weighted by molar-refractivity contribution is 6.17. The van der Waals surface area contributed by atoms with Gasteiger partial charge in [0.1, 0.15) is 0 Å². The Kier molecular flexibility index (Phi) is 4.42. The van der Waals surface area contributed by atoms with E-state index in [2.05, 4.69) is 15.5 Å². The van der Waals surface area contributed by atoms with Crippen molar-refractivity contribution in [3.63, 3.8) is 0 Å². The Morgan fingerprint density at radius 1 is 1.44 bits per heavy atom. The van der Waals surface area contributed by atoms with E-state index in [9.17, 15) is 0 Å². The van der Waals surface area contributed by atoms with E-state index in [1.807, 2.05) is 0 Å². The van der Waals surface area contributed by atoms with Crippen molar-refractivity contribution in [3.05, 3.63) is 5.89 Å². The number of aromatic nitrogens is 2. The Balaban J connectivity index is 1.67. The molecule has 1 fully saturated rings. The summed E-state index contributed by atoms with van der Waals surface area (Å²) in [5, 5.41) is 10.9. The van der Waals surface area contributed by atoms with Crippen LogP contribution in [0.15, 0.2) is 4.42 Å². The van der Waals surface area contributed by atoms with Crippen LogP contribution in [-0.2, 0) is 11.2 Å². The van der Waals surface area contributed by atoms with Gasteiger partial charge in [0.2, 0.25) is 5.89 Å². The third kappa shape index (κ3) is 3.35. The molecule has 1 aliphatic rings. The second-order valence-electron chi connectivity index (χ2n) is 3.89. The monoisotopic (exact) mass is 245 g/mol. The lowest BCUT2D eigenvalue weighted by molar-refractivity contribution is 0.185. The van der Waals surface area contributed by atoms with Gasteiger partial charge in [0, 0.05) is 32.1 Å². The maximum absolute atomic E-state index is 5.57. The number of nitrogens with one attached hydrogen (secondary N) is 1. The molecular weight excluding hydrogens is 230 g/mol. The topological polar surface area (TPSA) is 60.2 Å². The van der Waals surface area contributed by atoms with E-state index < -0.39 is 0 Å². The maximum atomic E-state index is 5.57. The van der Waals surface area contributed by atoms with E-state index in [1.165, 1.54) is 0 Å². The van der Waals surface area contributed by atoms with Gasteiger partial charge in [-0.3, -0.25) is 0 Å². The fourth-order valence-electron chi connectivity index (χ4n) is 1.70. The highest BCUT2D eigenvalue weighted by Gasteiger charge is 2.15. The molecule has 16 heavy (non-hydrogen) atoms. The van der Waals surface area contributed by atoms with Crippen LogP contribution in [0.1, 0.15) is 18.7 Å². The number of rotatable bonds is 6. The molecular formula is C10H16ClN3O2. The van der Waals surface area contributed by atoms with Crippen molar-refractivity contribution in [2.45, 2.75) is 19.3 Å². The fourth-order valence-corrected chi connectivity index (χ4v) is 1.86. The van der Waals surface area contributed by atoms with Crippen LogP contribution in [0.5, 0.6) is 0 Å². The minimum atomic E-state index is 0.485. The van der Waals surface area contributed by atoms with Crippen molar-refractivity contribution in [1.29, 1.82) is 0 Å². The summed E-state index contributed by atoms with van der Waals surface area (Å²) < 4.78 is 10.6. The molecule has 1 atom stereocenters. The average molecular weight is 246 g/mol. The summed E-state index contributed by atoms with van der Waals surface area (Å²) in [7, 11) is 0. The predicted octanol–water partition coefficient (Wildman–Crippen LogP) is 1.69. The second kappa shape index (κ2) is 6.06. The molecule has 1 aliphatic heterocycles. The van der Waals surface area contributed by atoms with Gasteiger partial charge in [-0.15, -0.1) is 16.7 Å². The molecule has 0 aliphatic carbocycles. The minimum Gasteiger partial charge on any atom is -0.408 e. The van der Waals surface area contributed by atoms with Gasteiger partial charge in [0.05, 0.1) is 0 Å². The molecule has 0 aromatic carbocycles. The summed E-state index contributed by atoms with van der Waals surface area (Å²) in [6.07, 6.45) is 2.85. The number of hydrogen-bond donors (Lipinski definition) is 1. The third-order valence-corrected chi connectivity index (χ3v) is 2.82. The van der Waals surface area contributed by atoms with Crippen LogP contribution in [0, 0.1) is 5.92 Å². The van der Waals surface area contributed by atoms with E-state index in [1.54, 1.807) is 0 Å². The van der Waals surface area contributed by atoms with Crippen LogP contribution in [0.2, 0.25) is 0 Å². The van der Waals surface area contributed by atoms with Crippen molar-refractivity contribution in [2.24, 2.45) is 5.92 Å². The zero-order valence-electron chi connectivity index (χ0n) is 9.12. The Morgan fingerprint density at radius 3 is 3.12 bits per heavy atom. The first-order chi connectivity index (χ1) is 7.88. The molecule has 5 nitrogen and oxygen atoms in total. The molecule has 1 saturated heterocycles. The van der Waals surface area contributed by atoms with Gasteiger partial charge in [-0.1, -0.05) is 5.10 Å². The van der Waals surface area contributed by atoms with Gasteiger partial charge in [0.15, 0.2) is 0 Å².